The van der Waals surface area contributed by atoms with Crippen LogP contribution in [-0.2, 0) is 21.2 Å². The second kappa shape index (κ2) is 11.6. The quantitative estimate of drug-likeness (QED) is 0.574. The van der Waals surface area contributed by atoms with Crippen molar-refractivity contribution in [3.05, 3.63) is 60.2 Å². The van der Waals surface area contributed by atoms with Crippen molar-refractivity contribution in [2.24, 2.45) is 5.92 Å². The first-order valence-electron chi connectivity index (χ1n) is 11.5. The summed E-state index contributed by atoms with van der Waals surface area (Å²) >= 11 is 0. The molecule has 0 aromatic heterocycles. The highest BCUT2D eigenvalue weighted by Crippen LogP contribution is 2.25. The zero-order valence-corrected chi connectivity index (χ0v) is 20.6. The standard InChI is InChI=1S/C25H35N3O4S/c1-4-32-23-10-12-24(13-11-23)33(30,31)28-16-14-21(15-17-28)25(29)26-19-22(27(2)3)18-20-8-6-5-7-9-20/h5-13,21-22H,4,14-19H2,1-3H3,(H,26,29). The average Bonchev–Trinajstić information content (AvgIpc) is 2.82. The van der Waals surface area contributed by atoms with Crippen molar-refractivity contribution >= 4 is 15.9 Å². The minimum absolute atomic E-state index is 0.00743. The molecule has 1 saturated heterocycles. The lowest BCUT2D eigenvalue weighted by atomic mass is 9.97. The van der Waals surface area contributed by atoms with Crippen LogP contribution < -0.4 is 10.1 Å². The summed E-state index contributed by atoms with van der Waals surface area (Å²) in [5.74, 6) is 0.486. The van der Waals surface area contributed by atoms with Gasteiger partial charge in [-0.1, -0.05) is 30.3 Å². The molecule has 0 radical (unpaired) electrons. The van der Waals surface area contributed by atoms with Gasteiger partial charge in [-0.25, -0.2) is 8.42 Å². The van der Waals surface area contributed by atoms with Crippen LogP contribution in [-0.4, -0.2) is 69.9 Å². The SMILES string of the molecule is CCOc1ccc(S(=O)(=O)N2CCC(C(=O)NCC(Cc3ccccc3)N(C)C)CC2)cc1. The Morgan fingerprint density at radius 3 is 2.30 bits per heavy atom. The molecule has 0 spiro atoms. The van der Waals surface area contributed by atoms with Gasteiger partial charge in [-0.15, -0.1) is 0 Å². The Bertz CT molecular complexity index is 986. The van der Waals surface area contributed by atoms with Crippen LogP contribution in [0.15, 0.2) is 59.5 Å². The molecule has 1 aliphatic rings. The Labute approximate surface area is 197 Å². The van der Waals surface area contributed by atoms with E-state index in [-0.39, 0.29) is 22.8 Å². The molecule has 0 bridgehead atoms. The third-order valence-corrected chi connectivity index (χ3v) is 8.07. The van der Waals surface area contributed by atoms with E-state index in [0.29, 0.717) is 44.8 Å². The van der Waals surface area contributed by atoms with E-state index in [9.17, 15) is 13.2 Å². The number of rotatable bonds is 10. The molecule has 1 aliphatic heterocycles. The molecule has 8 heteroatoms. The van der Waals surface area contributed by atoms with Crippen LogP contribution in [0, 0.1) is 5.92 Å². The number of nitrogens with zero attached hydrogens (tertiary/aromatic N) is 2. The number of piperidine rings is 1. The van der Waals surface area contributed by atoms with Gasteiger partial charge in [0.1, 0.15) is 5.75 Å². The van der Waals surface area contributed by atoms with Crippen LogP contribution in [0.4, 0.5) is 0 Å². The summed E-state index contributed by atoms with van der Waals surface area (Å²) in [5, 5.41) is 3.10. The fourth-order valence-corrected chi connectivity index (χ4v) is 5.54. The molecule has 7 nitrogen and oxygen atoms in total. The molecule has 0 saturated carbocycles. The molecule has 33 heavy (non-hydrogen) atoms. The third kappa shape index (κ3) is 6.79. The molecule has 1 N–H and O–H groups in total. The fraction of sp³-hybridized carbons (Fsp3) is 0.480. The number of hydrogen-bond acceptors (Lipinski definition) is 5. The molecule has 3 rings (SSSR count). The number of ether oxygens (including phenoxy) is 1. The highest BCUT2D eigenvalue weighted by molar-refractivity contribution is 7.89. The maximum absolute atomic E-state index is 13.0. The lowest BCUT2D eigenvalue weighted by Crippen LogP contribution is -2.46. The van der Waals surface area contributed by atoms with E-state index >= 15 is 0 Å². The molecule has 0 aliphatic carbocycles. The number of sulfonamides is 1. The molecule has 1 unspecified atom stereocenters. The largest absolute Gasteiger partial charge is 0.494 e. The maximum Gasteiger partial charge on any atom is 0.243 e. The van der Waals surface area contributed by atoms with Gasteiger partial charge in [-0.3, -0.25) is 4.79 Å². The van der Waals surface area contributed by atoms with E-state index in [1.54, 1.807) is 24.3 Å². The molecular weight excluding hydrogens is 438 g/mol. The number of likely N-dealkylation sites (N-methyl/N-ethyl adjacent to an activating group) is 1. The fourth-order valence-electron chi connectivity index (χ4n) is 4.07. The Kier molecular flexibility index (Phi) is 8.88. The summed E-state index contributed by atoms with van der Waals surface area (Å²) in [6, 6.07) is 16.9. The highest BCUT2D eigenvalue weighted by atomic mass is 32.2. The number of amides is 1. The molecule has 1 atom stereocenters. The lowest BCUT2D eigenvalue weighted by Gasteiger charge is -2.31. The summed E-state index contributed by atoms with van der Waals surface area (Å²) in [7, 11) is 0.461. The van der Waals surface area contributed by atoms with Gasteiger partial charge in [0.25, 0.3) is 0 Å². The number of hydrogen-bond donors (Lipinski definition) is 1. The van der Waals surface area contributed by atoms with Gasteiger partial charge in [-0.05, 0) is 70.1 Å². The lowest BCUT2D eigenvalue weighted by molar-refractivity contribution is -0.126. The zero-order valence-electron chi connectivity index (χ0n) is 19.7. The predicted molar refractivity (Wildman–Crippen MR) is 130 cm³/mol. The first-order valence-corrected chi connectivity index (χ1v) is 13.0. The minimum atomic E-state index is -3.58. The first-order chi connectivity index (χ1) is 15.8. The van der Waals surface area contributed by atoms with Gasteiger partial charge in [0.05, 0.1) is 11.5 Å². The summed E-state index contributed by atoms with van der Waals surface area (Å²) in [4.78, 5) is 15.2. The van der Waals surface area contributed by atoms with Crippen LogP contribution in [0.3, 0.4) is 0 Å². The van der Waals surface area contributed by atoms with Crippen LogP contribution >= 0.6 is 0 Å². The molecule has 2 aromatic rings. The van der Waals surface area contributed by atoms with E-state index in [0.717, 1.165) is 6.42 Å². The average molecular weight is 474 g/mol. The van der Waals surface area contributed by atoms with Crippen LogP contribution in [0.25, 0.3) is 0 Å². The Balaban J connectivity index is 1.51. The van der Waals surface area contributed by atoms with Gasteiger partial charge in [-0.2, -0.15) is 4.31 Å². The van der Waals surface area contributed by atoms with Crippen LogP contribution in [0.5, 0.6) is 5.75 Å². The van der Waals surface area contributed by atoms with Crippen molar-refractivity contribution in [3.63, 3.8) is 0 Å². The number of carbonyl (C=O) groups is 1. The maximum atomic E-state index is 13.0. The summed E-state index contributed by atoms with van der Waals surface area (Å²) in [6.45, 7) is 3.66. The molecule has 1 amide bonds. The molecule has 1 heterocycles. The Morgan fingerprint density at radius 2 is 1.73 bits per heavy atom. The zero-order chi connectivity index (χ0) is 23.8. The number of benzene rings is 2. The minimum Gasteiger partial charge on any atom is -0.494 e. The first kappa shape index (κ1) is 25.2. The Morgan fingerprint density at radius 1 is 1.09 bits per heavy atom. The number of nitrogens with one attached hydrogen (secondary N) is 1. The smallest absolute Gasteiger partial charge is 0.243 e. The molecular formula is C25H35N3O4S. The molecule has 1 fully saturated rings. The van der Waals surface area contributed by atoms with Gasteiger partial charge >= 0.3 is 0 Å². The molecule has 2 aromatic carbocycles. The summed E-state index contributed by atoms with van der Waals surface area (Å²) in [5.41, 5.74) is 1.23. The van der Waals surface area contributed by atoms with E-state index < -0.39 is 10.0 Å². The van der Waals surface area contributed by atoms with E-state index in [4.69, 9.17) is 4.74 Å². The number of carbonyl (C=O) groups excluding carboxylic acids is 1. The van der Waals surface area contributed by atoms with Gasteiger partial charge in [0.15, 0.2) is 0 Å². The van der Waals surface area contributed by atoms with Crippen molar-refractivity contribution in [2.45, 2.75) is 37.1 Å². The summed E-state index contributed by atoms with van der Waals surface area (Å²) in [6.07, 6.45) is 1.90. The van der Waals surface area contributed by atoms with Crippen molar-refractivity contribution in [2.75, 3.05) is 40.3 Å². The van der Waals surface area contributed by atoms with Crippen molar-refractivity contribution < 1.29 is 17.9 Å². The third-order valence-electron chi connectivity index (χ3n) is 6.15. The topological polar surface area (TPSA) is 79.0 Å². The van der Waals surface area contributed by atoms with Crippen LogP contribution in [0.2, 0.25) is 0 Å². The second-order valence-corrected chi connectivity index (χ2v) is 10.6. The normalized spacial score (nSPS) is 16.5. The second-order valence-electron chi connectivity index (χ2n) is 8.64. The predicted octanol–water partition coefficient (Wildman–Crippen LogP) is 2.78. The van der Waals surface area contributed by atoms with Crippen LogP contribution in [0.1, 0.15) is 25.3 Å². The summed E-state index contributed by atoms with van der Waals surface area (Å²) < 4.78 is 32.8. The van der Waals surface area contributed by atoms with Gasteiger partial charge < -0.3 is 15.0 Å². The van der Waals surface area contributed by atoms with Crippen molar-refractivity contribution in [1.29, 1.82) is 0 Å². The van der Waals surface area contributed by atoms with E-state index in [1.165, 1.54) is 9.87 Å². The van der Waals surface area contributed by atoms with E-state index in [2.05, 4.69) is 22.3 Å². The van der Waals surface area contributed by atoms with Crippen molar-refractivity contribution in [3.8, 4) is 5.75 Å². The van der Waals surface area contributed by atoms with Crippen molar-refractivity contribution in [1.82, 2.24) is 14.5 Å². The van der Waals surface area contributed by atoms with Gasteiger partial charge in [0, 0.05) is 31.6 Å². The molecule has 180 valence electrons. The monoisotopic (exact) mass is 473 g/mol. The van der Waals surface area contributed by atoms with E-state index in [1.807, 2.05) is 39.2 Å². The van der Waals surface area contributed by atoms with Gasteiger partial charge in [0.2, 0.25) is 15.9 Å². The highest BCUT2D eigenvalue weighted by Gasteiger charge is 2.32. The Hall–Kier alpha value is -2.42.